The summed E-state index contributed by atoms with van der Waals surface area (Å²) in [6.45, 7) is 3.38. The van der Waals surface area contributed by atoms with Gasteiger partial charge in [0.25, 0.3) is 5.91 Å². The van der Waals surface area contributed by atoms with Crippen LogP contribution in [-0.2, 0) is 14.3 Å². The molecule has 3 rings (SSSR count). The number of para-hydroxylation sites is 1. The molecule has 7 nitrogen and oxygen atoms in total. The Labute approximate surface area is 169 Å². The topological polar surface area (TPSA) is 97.4 Å². The Balaban J connectivity index is 1.57. The predicted octanol–water partition coefficient (Wildman–Crippen LogP) is 2.82. The Morgan fingerprint density at radius 2 is 1.93 bits per heavy atom. The summed E-state index contributed by atoms with van der Waals surface area (Å²) in [5, 5.41) is 5.92. The molecule has 28 heavy (non-hydrogen) atoms. The first-order chi connectivity index (χ1) is 13.5. The average Bonchev–Trinajstić information content (AvgIpc) is 3.33. The van der Waals surface area contributed by atoms with Crippen LogP contribution in [-0.4, -0.2) is 42.0 Å². The first-order valence-electron chi connectivity index (χ1n) is 8.68. The Kier molecular flexibility index (Phi) is 6.37. The second-order valence-electron chi connectivity index (χ2n) is 5.91. The number of esters is 1. The molecule has 0 unspecified atom stereocenters. The SMILES string of the molecule is CCNC(=O)[C@@H](C)NC(=O)COC(=O)c1ccc(-c2nc3ccccc3s2)s1. The van der Waals surface area contributed by atoms with Gasteiger partial charge in [0.1, 0.15) is 15.9 Å². The summed E-state index contributed by atoms with van der Waals surface area (Å²) in [6, 6.07) is 10.6. The number of ether oxygens (including phenoxy) is 1. The standard InChI is InChI=1S/C19H19N3O4S2/c1-3-20-17(24)11(2)21-16(23)10-26-19(25)15-9-8-14(27-15)18-22-12-6-4-5-7-13(12)28-18/h4-9,11H,3,10H2,1-2H3,(H,20,24)(H,21,23)/t11-/m1/s1. The van der Waals surface area contributed by atoms with Crippen LogP contribution in [0.4, 0.5) is 0 Å². The number of carbonyl (C=O) groups is 3. The minimum Gasteiger partial charge on any atom is -0.451 e. The lowest BCUT2D eigenvalue weighted by atomic mass is 10.3. The van der Waals surface area contributed by atoms with E-state index in [2.05, 4.69) is 15.6 Å². The molecule has 0 aliphatic rings. The molecular weight excluding hydrogens is 398 g/mol. The van der Waals surface area contributed by atoms with E-state index < -0.39 is 24.5 Å². The molecule has 146 valence electrons. The van der Waals surface area contributed by atoms with Crippen molar-refractivity contribution in [1.29, 1.82) is 0 Å². The minimum atomic E-state index is -0.696. The Bertz CT molecular complexity index is 978. The van der Waals surface area contributed by atoms with Gasteiger partial charge in [0.05, 0.1) is 15.1 Å². The van der Waals surface area contributed by atoms with Gasteiger partial charge in [-0.3, -0.25) is 9.59 Å². The minimum absolute atomic E-state index is 0.291. The van der Waals surface area contributed by atoms with Crippen LogP contribution in [0.25, 0.3) is 20.1 Å². The molecule has 2 N–H and O–H groups in total. The molecule has 1 atom stereocenters. The normalized spacial score (nSPS) is 11.8. The molecule has 0 bridgehead atoms. The summed E-state index contributed by atoms with van der Waals surface area (Å²) >= 11 is 2.82. The summed E-state index contributed by atoms with van der Waals surface area (Å²) in [7, 11) is 0. The number of aromatic nitrogens is 1. The number of nitrogens with one attached hydrogen (secondary N) is 2. The zero-order chi connectivity index (χ0) is 20.1. The predicted molar refractivity (Wildman–Crippen MR) is 110 cm³/mol. The Hall–Kier alpha value is -2.78. The highest BCUT2D eigenvalue weighted by Crippen LogP contribution is 2.34. The van der Waals surface area contributed by atoms with E-state index in [0.717, 1.165) is 20.1 Å². The van der Waals surface area contributed by atoms with E-state index in [1.165, 1.54) is 11.3 Å². The molecule has 0 aliphatic heterocycles. The maximum atomic E-state index is 12.2. The van der Waals surface area contributed by atoms with Crippen LogP contribution in [0.15, 0.2) is 36.4 Å². The van der Waals surface area contributed by atoms with E-state index in [0.29, 0.717) is 11.4 Å². The second-order valence-corrected chi connectivity index (χ2v) is 8.02. The third-order valence-electron chi connectivity index (χ3n) is 3.77. The van der Waals surface area contributed by atoms with E-state index >= 15 is 0 Å². The van der Waals surface area contributed by atoms with Crippen molar-refractivity contribution >= 4 is 50.7 Å². The van der Waals surface area contributed by atoms with Crippen molar-refractivity contribution in [3.8, 4) is 9.88 Å². The van der Waals surface area contributed by atoms with Gasteiger partial charge in [0.2, 0.25) is 5.91 Å². The van der Waals surface area contributed by atoms with Gasteiger partial charge in [-0.2, -0.15) is 0 Å². The quantitative estimate of drug-likeness (QED) is 0.576. The maximum Gasteiger partial charge on any atom is 0.348 e. The van der Waals surface area contributed by atoms with E-state index in [1.54, 1.807) is 31.3 Å². The lowest BCUT2D eigenvalue weighted by Crippen LogP contribution is -2.46. The van der Waals surface area contributed by atoms with E-state index in [1.807, 2.05) is 30.3 Å². The van der Waals surface area contributed by atoms with E-state index in [-0.39, 0.29) is 5.91 Å². The smallest absolute Gasteiger partial charge is 0.348 e. The zero-order valence-electron chi connectivity index (χ0n) is 15.4. The van der Waals surface area contributed by atoms with Crippen LogP contribution in [0.5, 0.6) is 0 Å². The number of rotatable bonds is 7. The second kappa shape index (κ2) is 8.94. The molecule has 0 aliphatic carbocycles. The molecule has 0 saturated carbocycles. The Morgan fingerprint density at radius 3 is 2.68 bits per heavy atom. The largest absolute Gasteiger partial charge is 0.451 e. The molecule has 9 heteroatoms. The summed E-state index contributed by atoms with van der Waals surface area (Å²) in [6.07, 6.45) is 0. The van der Waals surface area contributed by atoms with Crippen LogP contribution in [0, 0.1) is 0 Å². The van der Waals surface area contributed by atoms with Crippen molar-refractivity contribution in [1.82, 2.24) is 15.6 Å². The van der Waals surface area contributed by atoms with Gasteiger partial charge in [0, 0.05) is 6.54 Å². The highest BCUT2D eigenvalue weighted by Gasteiger charge is 2.18. The van der Waals surface area contributed by atoms with Crippen molar-refractivity contribution in [2.24, 2.45) is 0 Å². The van der Waals surface area contributed by atoms with Gasteiger partial charge < -0.3 is 15.4 Å². The first kappa shape index (κ1) is 20.0. The molecule has 2 amide bonds. The highest BCUT2D eigenvalue weighted by molar-refractivity contribution is 7.26. The van der Waals surface area contributed by atoms with Crippen LogP contribution in [0.1, 0.15) is 23.5 Å². The fourth-order valence-electron chi connectivity index (χ4n) is 2.42. The molecule has 3 aromatic rings. The van der Waals surface area contributed by atoms with Crippen LogP contribution >= 0.6 is 22.7 Å². The van der Waals surface area contributed by atoms with Gasteiger partial charge in [0.15, 0.2) is 6.61 Å². The van der Waals surface area contributed by atoms with Crippen LogP contribution < -0.4 is 10.6 Å². The highest BCUT2D eigenvalue weighted by atomic mass is 32.1. The number of nitrogens with zero attached hydrogens (tertiary/aromatic N) is 1. The van der Waals surface area contributed by atoms with Gasteiger partial charge in [-0.15, -0.1) is 22.7 Å². The zero-order valence-corrected chi connectivity index (χ0v) is 17.0. The van der Waals surface area contributed by atoms with Crippen LogP contribution in [0.3, 0.4) is 0 Å². The molecular formula is C19H19N3O4S2. The maximum absolute atomic E-state index is 12.2. The van der Waals surface area contributed by atoms with Gasteiger partial charge >= 0.3 is 5.97 Å². The number of carbonyl (C=O) groups excluding carboxylic acids is 3. The fraction of sp³-hybridized carbons (Fsp3) is 0.263. The van der Waals surface area contributed by atoms with Crippen molar-refractivity contribution in [2.75, 3.05) is 13.2 Å². The number of hydrogen-bond donors (Lipinski definition) is 2. The number of thiophene rings is 1. The lowest BCUT2D eigenvalue weighted by Gasteiger charge is -2.13. The van der Waals surface area contributed by atoms with E-state index in [4.69, 9.17) is 4.74 Å². The molecule has 1 aromatic carbocycles. The van der Waals surface area contributed by atoms with Gasteiger partial charge in [-0.05, 0) is 38.1 Å². The first-order valence-corrected chi connectivity index (χ1v) is 10.3. The molecule has 0 radical (unpaired) electrons. The number of fused-ring (bicyclic) bond motifs is 1. The van der Waals surface area contributed by atoms with Crippen molar-refractivity contribution < 1.29 is 19.1 Å². The molecule has 2 aromatic heterocycles. The Morgan fingerprint density at radius 1 is 1.14 bits per heavy atom. The summed E-state index contributed by atoms with van der Waals surface area (Å²) < 4.78 is 6.13. The molecule has 0 spiro atoms. The monoisotopic (exact) mass is 417 g/mol. The average molecular weight is 418 g/mol. The van der Waals surface area contributed by atoms with Gasteiger partial charge in [-0.1, -0.05) is 12.1 Å². The van der Waals surface area contributed by atoms with Crippen molar-refractivity contribution in [3.63, 3.8) is 0 Å². The number of amides is 2. The summed E-state index contributed by atoms with van der Waals surface area (Å²) in [5.74, 6) is -1.41. The van der Waals surface area contributed by atoms with Crippen LogP contribution in [0.2, 0.25) is 0 Å². The van der Waals surface area contributed by atoms with Crippen molar-refractivity contribution in [2.45, 2.75) is 19.9 Å². The fourth-order valence-corrected chi connectivity index (χ4v) is 4.34. The third kappa shape index (κ3) is 4.73. The third-order valence-corrected chi connectivity index (χ3v) is 6.04. The number of benzene rings is 1. The lowest BCUT2D eigenvalue weighted by molar-refractivity contribution is -0.130. The number of likely N-dealkylation sites (N-methyl/N-ethyl adjacent to an activating group) is 1. The number of thiazole rings is 1. The van der Waals surface area contributed by atoms with E-state index in [9.17, 15) is 14.4 Å². The van der Waals surface area contributed by atoms with Gasteiger partial charge in [-0.25, -0.2) is 9.78 Å². The van der Waals surface area contributed by atoms with Crippen molar-refractivity contribution in [3.05, 3.63) is 41.3 Å². The summed E-state index contributed by atoms with van der Waals surface area (Å²) in [5.41, 5.74) is 0.915. The summed E-state index contributed by atoms with van der Waals surface area (Å²) in [4.78, 5) is 41.5. The molecule has 0 fully saturated rings. The number of hydrogen-bond acceptors (Lipinski definition) is 7. The molecule has 0 saturated heterocycles. The molecule has 2 heterocycles.